The van der Waals surface area contributed by atoms with Gasteiger partial charge in [0.15, 0.2) is 12.0 Å². The van der Waals surface area contributed by atoms with Crippen LogP contribution in [0.4, 0.5) is 4.39 Å². The van der Waals surface area contributed by atoms with E-state index in [1.54, 1.807) is 42.8 Å². The van der Waals surface area contributed by atoms with Crippen LogP contribution >= 0.6 is 11.6 Å². The number of carbonyl (C=O) groups is 4. The Balaban J connectivity index is 0.000000433. The molecule has 1 atom stereocenters. The smallest absolute Gasteiger partial charge is 0.255 e. The maximum absolute atomic E-state index is 13.6. The van der Waals surface area contributed by atoms with Gasteiger partial charge in [0, 0.05) is 97.3 Å². The fourth-order valence-corrected chi connectivity index (χ4v) is 10.4. The number of nitrogens with one attached hydrogen (secondary N) is 1. The van der Waals surface area contributed by atoms with Crippen molar-refractivity contribution in [1.29, 1.82) is 0 Å². The monoisotopic (exact) mass is 1370 g/mol. The maximum atomic E-state index is 13.6. The third-order valence-corrected chi connectivity index (χ3v) is 14.6. The van der Waals surface area contributed by atoms with E-state index in [4.69, 9.17) is 25.8 Å². The molecule has 7 rings (SSSR count). The first-order valence-corrected chi connectivity index (χ1v) is 29.6. The van der Waals surface area contributed by atoms with Crippen LogP contribution in [-0.4, -0.2) is 110 Å². The molecule has 3 aliphatic heterocycles. The molecule has 1 fully saturated rings. The van der Waals surface area contributed by atoms with Crippen LogP contribution in [-0.2, 0) is 25.7 Å². The van der Waals surface area contributed by atoms with E-state index in [9.17, 15) is 23.6 Å². The summed E-state index contributed by atoms with van der Waals surface area (Å²) >= 11 is 6.82. The van der Waals surface area contributed by atoms with Crippen molar-refractivity contribution in [3.8, 4) is 11.5 Å². The zero-order valence-corrected chi connectivity index (χ0v) is 57.7. The Hall–Kier alpha value is -4.64. The van der Waals surface area contributed by atoms with Gasteiger partial charge in [0.05, 0.1) is 18.8 Å². The largest absolute Gasteiger partial charge is 0.504 e. The van der Waals surface area contributed by atoms with Crippen LogP contribution in [0.25, 0.3) is 21.9 Å². The van der Waals surface area contributed by atoms with E-state index in [0.717, 1.165) is 105 Å². The van der Waals surface area contributed by atoms with Crippen molar-refractivity contribution in [2.75, 3.05) is 54.1 Å². The summed E-state index contributed by atoms with van der Waals surface area (Å²) in [4.78, 5) is 50.9. The second kappa shape index (κ2) is 36.9. The third kappa shape index (κ3) is 23.1. The summed E-state index contributed by atoms with van der Waals surface area (Å²) < 4.78 is 32.3. The third-order valence-electron chi connectivity index (χ3n) is 14.3. The van der Waals surface area contributed by atoms with E-state index >= 15 is 0 Å². The Labute approximate surface area is 521 Å². The Morgan fingerprint density at radius 3 is 2.13 bits per heavy atom. The first-order valence-electron chi connectivity index (χ1n) is 29.2. The number of amides is 2. The molecular weight excluding hydrogens is 1280 g/mol. The molecule has 0 radical (unpaired) electrons. The van der Waals surface area contributed by atoms with E-state index in [1.807, 2.05) is 58.0 Å². The van der Waals surface area contributed by atoms with E-state index < -0.39 is 6.04 Å². The van der Waals surface area contributed by atoms with E-state index in [2.05, 4.69) is 98.1 Å². The minimum Gasteiger partial charge on any atom is -0.504 e. The molecule has 0 saturated carbocycles. The number of rotatable bonds is 19. The van der Waals surface area contributed by atoms with Crippen LogP contribution in [0, 0.1) is 68.2 Å². The van der Waals surface area contributed by atoms with E-state index in [-0.39, 0.29) is 61.0 Å². The molecule has 4 aromatic carbocycles. The molecule has 0 aromatic heterocycles. The summed E-state index contributed by atoms with van der Waals surface area (Å²) in [6, 6.07) is 19.1. The number of fused-ring (bicyclic) bond motifs is 2. The van der Waals surface area contributed by atoms with Gasteiger partial charge in [0.2, 0.25) is 5.91 Å². The fraction of sp³-hybridized carbons (Fsp3) is 0.529. The number of hydrogen-bond acceptors (Lipinski definition) is 8. The standard InChI is InChI=1S/C33H36ClFNO2.C15H15N2O4.C9H21N.C6H14.C5H12O.U/c1-6-24(20-37)28(10-8-18-38-31-11-7-9-25-19-26(35)12-13-29(25)31)27-14-15-30(34)33(22(27)3)32-21(2)16-17-36(5)23(32)4;18-7-8-21-13-5-1-3-10-11(13)9-17(15(10)20)12-4-2-6-16-14(12)19;1-8(2)6-10(5)7-9(3)4;1-4-5-6(2)3;1-5(2,3)6-4;/h7,9,11-15,19-20H,6,8,10,16-18H2,1-5H3;1,3,5-7,12H,2,4,8-9H2,(H,16,19);8-9H,6-7H2,1-5H3;6H,4-5H2,1-3H3;1-4H3;/q+1;-1;;;;/b28-24+;;;;;. The molecule has 2 amide bonds. The van der Waals surface area contributed by atoms with Gasteiger partial charge < -0.3 is 29.3 Å². The molecule has 0 bridgehead atoms. The molecule has 4 aromatic rings. The van der Waals surface area contributed by atoms with Crippen LogP contribution in [0.5, 0.6) is 11.5 Å². The average Bonchev–Trinajstić information content (AvgIpc) is 3.96. The second-order valence-electron chi connectivity index (χ2n) is 23.6. The van der Waals surface area contributed by atoms with E-state index in [1.165, 1.54) is 54.9 Å². The number of carbonyl (C=O) groups excluding carboxylic acids is 4. The molecule has 1 saturated heterocycles. The van der Waals surface area contributed by atoms with Crippen LogP contribution in [0.3, 0.4) is 0 Å². The molecule has 82 heavy (non-hydrogen) atoms. The quantitative estimate of drug-likeness (QED) is 0.0324. The average molecular weight is 1380 g/mol. The van der Waals surface area contributed by atoms with E-state index in [0.29, 0.717) is 50.0 Å². The minimum absolute atomic E-state index is 0. The van der Waals surface area contributed by atoms with Crippen LogP contribution in [0.2, 0.25) is 5.02 Å². The normalized spacial score (nSPS) is 15.3. The molecule has 0 aliphatic carbocycles. The number of nitrogens with zero attached hydrogens (tertiary/aromatic N) is 3. The molecule has 3 aliphatic rings. The Morgan fingerprint density at radius 1 is 0.927 bits per heavy atom. The molecular formula is C68H98ClFN4O7U. The maximum Gasteiger partial charge on any atom is 0.255 e. The van der Waals surface area contributed by atoms with Crippen molar-refractivity contribution in [3.63, 3.8) is 0 Å². The molecule has 1 unspecified atom stereocenters. The number of methoxy groups -OCH3 is 1. The minimum atomic E-state index is -0.450. The Bertz CT molecular complexity index is 2790. The molecule has 450 valence electrons. The summed E-state index contributed by atoms with van der Waals surface area (Å²) in [5.41, 5.74) is 10.2. The van der Waals surface area contributed by atoms with Gasteiger partial charge in [-0.05, 0) is 155 Å². The van der Waals surface area contributed by atoms with Gasteiger partial charge in [-0.15, -0.1) is 0 Å². The summed E-state index contributed by atoms with van der Waals surface area (Å²) in [5, 5.41) is 5.10. The molecule has 3 heterocycles. The fourth-order valence-electron chi connectivity index (χ4n) is 10.1. The van der Waals surface area contributed by atoms with Crippen molar-refractivity contribution >= 4 is 63.6 Å². The zero-order valence-electron chi connectivity index (χ0n) is 52.7. The van der Waals surface area contributed by atoms with Crippen molar-refractivity contribution in [2.45, 2.75) is 166 Å². The summed E-state index contributed by atoms with van der Waals surface area (Å²) in [7, 11) is 6.02. The Kier molecular flexibility index (Phi) is 33.1. The number of ether oxygens (including phenoxy) is 3. The summed E-state index contributed by atoms with van der Waals surface area (Å²) in [6.07, 6.45) is 8.80. The number of piperidine rings is 1. The molecule has 1 N–H and O–H groups in total. The zero-order chi connectivity index (χ0) is 60.6. The van der Waals surface area contributed by atoms with Crippen molar-refractivity contribution in [3.05, 3.63) is 123 Å². The number of aldehydes is 2. The first-order chi connectivity index (χ1) is 38.3. The first kappa shape index (κ1) is 73.5. The number of allylic oxidation sites excluding steroid dienone is 3. The molecule has 14 heteroatoms. The van der Waals surface area contributed by atoms with Crippen molar-refractivity contribution in [2.24, 2.45) is 17.8 Å². The van der Waals surface area contributed by atoms with Crippen LogP contribution < -0.4 is 14.8 Å². The van der Waals surface area contributed by atoms with Crippen LogP contribution in [0.1, 0.15) is 174 Å². The number of hydrogen-bond donors (Lipinski definition) is 1. The molecule has 0 spiro atoms. The number of benzene rings is 4. The van der Waals surface area contributed by atoms with Gasteiger partial charge in [0.1, 0.15) is 49.8 Å². The van der Waals surface area contributed by atoms with Gasteiger partial charge in [-0.1, -0.05) is 110 Å². The predicted molar refractivity (Wildman–Crippen MR) is 334 cm³/mol. The van der Waals surface area contributed by atoms with Gasteiger partial charge >= 0.3 is 0 Å². The van der Waals surface area contributed by atoms with Crippen molar-refractivity contribution in [1.82, 2.24) is 15.1 Å². The summed E-state index contributed by atoms with van der Waals surface area (Å²) in [6.45, 7) is 36.2. The topological polar surface area (TPSA) is 117 Å². The SMILES string of the molecule is CC(C)CN(C)CC(C)C.CC/C(C=O)=C(/CCCOc1cccc2cc(F)ccc12)c1ccc(Cl)c(C2=C(C)CC[N+](C)=C2C)c1C.CCCC(C)C.COC(C)(C)C.O=CCOc1cccc2c1CN(C1CC[CH-]NC1=O)C2=O.[U]. The summed E-state index contributed by atoms with van der Waals surface area (Å²) in [5.74, 6) is 3.17. The van der Waals surface area contributed by atoms with Gasteiger partial charge in [-0.2, -0.15) is 6.42 Å². The molecule has 11 nitrogen and oxygen atoms in total. The predicted octanol–water partition coefficient (Wildman–Crippen LogP) is 15.2. The Morgan fingerprint density at radius 2 is 1.57 bits per heavy atom. The van der Waals surface area contributed by atoms with Gasteiger partial charge in [-0.3, -0.25) is 19.2 Å². The van der Waals surface area contributed by atoms with Gasteiger partial charge in [-0.25, -0.2) is 15.5 Å². The van der Waals surface area contributed by atoms with Crippen LogP contribution in [0.15, 0.2) is 77.9 Å². The number of halogens is 2. The second-order valence-corrected chi connectivity index (χ2v) is 24.0. The van der Waals surface area contributed by atoms with Gasteiger partial charge in [0.25, 0.3) is 5.91 Å². The van der Waals surface area contributed by atoms with Crippen molar-refractivity contribution < 1.29 is 73.5 Å².